The first kappa shape index (κ1) is 19.1. The van der Waals surface area contributed by atoms with Crippen LogP contribution in [0.3, 0.4) is 0 Å². The van der Waals surface area contributed by atoms with Gasteiger partial charge < -0.3 is 5.32 Å². The fraction of sp³-hybridized carbons (Fsp3) is 0.333. The van der Waals surface area contributed by atoms with Crippen molar-refractivity contribution in [3.8, 4) is 0 Å². The van der Waals surface area contributed by atoms with Crippen LogP contribution in [0.4, 0.5) is 0 Å². The summed E-state index contributed by atoms with van der Waals surface area (Å²) in [5, 5.41) is 6.20. The number of hydrogen-bond acceptors (Lipinski definition) is 2. The van der Waals surface area contributed by atoms with Gasteiger partial charge in [0.15, 0.2) is 5.11 Å². The van der Waals surface area contributed by atoms with Gasteiger partial charge >= 0.3 is 0 Å². The van der Waals surface area contributed by atoms with Crippen LogP contribution in [0.1, 0.15) is 48.7 Å². The summed E-state index contributed by atoms with van der Waals surface area (Å²) in [4.78, 5) is 12.2. The minimum absolute atomic E-state index is 0.0740. The number of hydrogen-bond donors (Lipinski definition) is 2. The molecule has 0 aromatic heterocycles. The molecule has 0 saturated heterocycles. The van der Waals surface area contributed by atoms with Gasteiger partial charge in [0.05, 0.1) is 0 Å². The molecule has 2 N–H and O–H groups in total. The van der Waals surface area contributed by atoms with Crippen molar-refractivity contribution >= 4 is 23.2 Å². The van der Waals surface area contributed by atoms with E-state index in [9.17, 15) is 4.79 Å². The van der Waals surface area contributed by atoms with E-state index >= 15 is 0 Å². The lowest BCUT2D eigenvalue weighted by Crippen LogP contribution is -2.39. The van der Waals surface area contributed by atoms with Crippen LogP contribution in [0.2, 0.25) is 0 Å². The SMILES string of the molecule is CC(C)(C)c1ccc(C(=O)NC(=S)NCCCc2ccccc2)cc1. The summed E-state index contributed by atoms with van der Waals surface area (Å²) in [6.45, 7) is 7.18. The van der Waals surface area contributed by atoms with E-state index in [-0.39, 0.29) is 11.3 Å². The third-order valence-electron chi connectivity index (χ3n) is 4.01. The van der Waals surface area contributed by atoms with Crippen molar-refractivity contribution in [1.82, 2.24) is 10.6 Å². The first-order valence-electron chi connectivity index (χ1n) is 8.60. The van der Waals surface area contributed by atoms with E-state index in [4.69, 9.17) is 12.2 Å². The van der Waals surface area contributed by atoms with Gasteiger partial charge in [-0.05, 0) is 53.7 Å². The summed E-state index contributed by atoms with van der Waals surface area (Å²) in [6.07, 6.45) is 1.94. The normalized spacial score (nSPS) is 11.0. The lowest BCUT2D eigenvalue weighted by molar-refractivity contribution is 0.0976. The molecule has 0 spiro atoms. The molecule has 0 saturated carbocycles. The van der Waals surface area contributed by atoms with Crippen molar-refractivity contribution in [3.63, 3.8) is 0 Å². The molecule has 0 heterocycles. The fourth-order valence-electron chi connectivity index (χ4n) is 2.48. The summed E-state index contributed by atoms with van der Waals surface area (Å²) >= 11 is 5.20. The molecule has 0 unspecified atom stereocenters. The summed E-state index contributed by atoms with van der Waals surface area (Å²) < 4.78 is 0. The Bertz CT molecular complexity index is 703. The first-order chi connectivity index (χ1) is 11.9. The Hall–Kier alpha value is -2.20. The third-order valence-corrected chi connectivity index (χ3v) is 4.26. The number of rotatable bonds is 5. The van der Waals surface area contributed by atoms with Gasteiger partial charge in [-0.15, -0.1) is 0 Å². The maximum absolute atomic E-state index is 12.2. The molecule has 2 aromatic carbocycles. The van der Waals surface area contributed by atoms with Crippen molar-refractivity contribution < 1.29 is 4.79 Å². The van der Waals surface area contributed by atoms with Gasteiger partial charge in [0.25, 0.3) is 5.91 Å². The van der Waals surface area contributed by atoms with Crippen LogP contribution in [-0.2, 0) is 11.8 Å². The molecule has 0 bridgehead atoms. The van der Waals surface area contributed by atoms with Crippen LogP contribution in [-0.4, -0.2) is 17.6 Å². The monoisotopic (exact) mass is 354 g/mol. The van der Waals surface area contributed by atoms with Crippen molar-refractivity contribution in [2.45, 2.75) is 39.0 Å². The second-order valence-corrected chi connectivity index (χ2v) is 7.53. The minimum Gasteiger partial charge on any atom is -0.362 e. The topological polar surface area (TPSA) is 41.1 Å². The Morgan fingerprint density at radius 2 is 1.64 bits per heavy atom. The second kappa shape index (κ2) is 8.77. The number of benzene rings is 2. The van der Waals surface area contributed by atoms with Crippen LogP contribution >= 0.6 is 12.2 Å². The zero-order valence-corrected chi connectivity index (χ0v) is 16.0. The van der Waals surface area contributed by atoms with Crippen molar-refractivity contribution in [2.75, 3.05) is 6.54 Å². The van der Waals surface area contributed by atoms with Gasteiger partial charge in [0.1, 0.15) is 0 Å². The molecule has 0 aliphatic rings. The van der Waals surface area contributed by atoms with Gasteiger partial charge in [0.2, 0.25) is 0 Å². The molecule has 25 heavy (non-hydrogen) atoms. The zero-order valence-electron chi connectivity index (χ0n) is 15.1. The van der Waals surface area contributed by atoms with Gasteiger partial charge in [-0.1, -0.05) is 63.2 Å². The number of carbonyl (C=O) groups excluding carboxylic acids is 1. The number of carbonyl (C=O) groups is 1. The first-order valence-corrected chi connectivity index (χ1v) is 9.01. The van der Waals surface area contributed by atoms with Crippen molar-refractivity contribution in [1.29, 1.82) is 0 Å². The quantitative estimate of drug-likeness (QED) is 0.624. The molecule has 0 radical (unpaired) electrons. The summed E-state index contributed by atoms with van der Waals surface area (Å²) in [5.41, 5.74) is 3.19. The molecule has 0 atom stereocenters. The lowest BCUT2D eigenvalue weighted by Gasteiger charge is -2.19. The predicted octanol–water partition coefficient (Wildman–Crippen LogP) is 4.22. The largest absolute Gasteiger partial charge is 0.362 e. The Morgan fingerprint density at radius 1 is 1.00 bits per heavy atom. The Labute approximate surface area is 155 Å². The highest BCUT2D eigenvalue weighted by atomic mass is 32.1. The Kier molecular flexibility index (Phi) is 6.71. The maximum Gasteiger partial charge on any atom is 0.257 e. The smallest absolute Gasteiger partial charge is 0.257 e. The van der Waals surface area contributed by atoms with Crippen LogP contribution in [0.15, 0.2) is 54.6 Å². The van der Waals surface area contributed by atoms with E-state index in [1.807, 2.05) is 42.5 Å². The molecule has 3 nitrogen and oxygen atoms in total. The van der Waals surface area contributed by atoms with Crippen LogP contribution in [0.25, 0.3) is 0 Å². The van der Waals surface area contributed by atoms with Gasteiger partial charge in [-0.2, -0.15) is 0 Å². The van der Waals surface area contributed by atoms with Crippen molar-refractivity contribution in [3.05, 3.63) is 71.3 Å². The van der Waals surface area contributed by atoms with E-state index in [2.05, 4.69) is 43.5 Å². The summed E-state index contributed by atoms with van der Waals surface area (Å²) in [5.74, 6) is -0.180. The highest BCUT2D eigenvalue weighted by Gasteiger charge is 2.14. The third kappa shape index (κ3) is 6.31. The zero-order chi connectivity index (χ0) is 18.3. The number of thiocarbonyl (C=S) groups is 1. The van der Waals surface area contributed by atoms with E-state index in [0.717, 1.165) is 19.4 Å². The molecule has 0 aliphatic heterocycles. The number of amides is 1. The summed E-state index contributed by atoms with van der Waals surface area (Å²) in [6, 6.07) is 18.0. The van der Waals surface area contributed by atoms with Crippen molar-refractivity contribution in [2.24, 2.45) is 0 Å². The average Bonchev–Trinajstić information content (AvgIpc) is 2.59. The summed E-state index contributed by atoms with van der Waals surface area (Å²) in [7, 11) is 0. The van der Waals surface area contributed by atoms with E-state index < -0.39 is 0 Å². The van der Waals surface area contributed by atoms with Crippen LogP contribution in [0, 0.1) is 0 Å². The molecule has 132 valence electrons. The molecular weight excluding hydrogens is 328 g/mol. The molecule has 2 aromatic rings. The lowest BCUT2D eigenvalue weighted by atomic mass is 9.87. The minimum atomic E-state index is -0.180. The van der Waals surface area contributed by atoms with Crippen LogP contribution in [0.5, 0.6) is 0 Å². The fourth-order valence-corrected chi connectivity index (χ4v) is 2.67. The molecule has 2 rings (SSSR count). The molecule has 0 fully saturated rings. The molecule has 1 amide bonds. The standard InChI is InChI=1S/C21H26N2OS/c1-21(2,3)18-13-11-17(12-14-18)19(24)23-20(25)22-15-7-10-16-8-5-4-6-9-16/h4-6,8-9,11-14H,7,10,15H2,1-3H3,(H2,22,23,24,25). The van der Waals surface area contributed by atoms with Crippen LogP contribution < -0.4 is 10.6 Å². The van der Waals surface area contributed by atoms with Gasteiger partial charge in [-0.25, -0.2) is 0 Å². The molecule has 0 aliphatic carbocycles. The highest BCUT2D eigenvalue weighted by molar-refractivity contribution is 7.80. The van der Waals surface area contributed by atoms with Gasteiger partial charge in [0, 0.05) is 12.1 Å². The molecular formula is C21H26N2OS. The maximum atomic E-state index is 12.2. The highest BCUT2D eigenvalue weighted by Crippen LogP contribution is 2.22. The number of aryl methyl sites for hydroxylation is 1. The van der Waals surface area contributed by atoms with E-state index in [1.54, 1.807) is 0 Å². The average molecular weight is 355 g/mol. The Morgan fingerprint density at radius 3 is 2.24 bits per heavy atom. The Balaban J connectivity index is 1.75. The van der Waals surface area contributed by atoms with E-state index in [1.165, 1.54) is 11.1 Å². The predicted molar refractivity (Wildman–Crippen MR) is 108 cm³/mol. The molecule has 4 heteroatoms. The van der Waals surface area contributed by atoms with E-state index in [0.29, 0.717) is 10.7 Å². The number of nitrogens with one attached hydrogen (secondary N) is 2. The van der Waals surface area contributed by atoms with Gasteiger partial charge in [-0.3, -0.25) is 10.1 Å². The second-order valence-electron chi connectivity index (χ2n) is 7.13.